The molecule has 1 aromatic rings. The van der Waals surface area contributed by atoms with Crippen molar-refractivity contribution in [1.29, 1.82) is 0 Å². The highest BCUT2D eigenvalue weighted by Gasteiger charge is 2.19. The number of hydrogen-bond acceptors (Lipinski definition) is 4. The van der Waals surface area contributed by atoms with E-state index in [0.29, 0.717) is 17.0 Å². The molecule has 1 saturated heterocycles. The zero-order valence-electron chi connectivity index (χ0n) is 9.99. The molecule has 1 fully saturated rings. The van der Waals surface area contributed by atoms with Gasteiger partial charge in [0.2, 0.25) is 0 Å². The first-order valence-electron chi connectivity index (χ1n) is 5.68. The van der Waals surface area contributed by atoms with Crippen LogP contribution in [0, 0.1) is 13.8 Å². The maximum absolute atomic E-state index is 11.3. The lowest BCUT2D eigenvalue weighted by Crippen LogP contribution is -2.30. The van der Waals surface area contributed by atoms with Gasteiger partial charge in [-0.05, 0) is 26.7 Å². The first-order valence-corrected chi connectivity index (χ1v) is 7.55. The Labute approximate surface area is 109 Å². The summed E-state index contributed by atoms with van der Waals surface area (Å²) < 4.78 is 11.3. The fourth-order valence-corrected chi connectivity index (χ4v) is 3.32. The Morgan fingerprint density at radius 2 is 1.82 bits per heavy atom. The van der Waals surface area contributed by atoms with Crippen LogP contribution in [-0.4, -0.2) is 31.7 Å². The number of nitrogens with one attached hydrogen (secondary N) is 1. The Morgan fingerprint density at radius 1 is 1.24 bits per heavy atom. The zero-order valence-corrected chi connectivity index (χ0v) is 11.6. The van der Waals surface area contributed by atoms with E-state index in [0.717, 1.165) is 35.7 Å². The summed E-state index contributed by atoms with van der Waals surface area (Å²) in [6, 6.07) is 0.307. The van der Waals surface area contributed by atoms with Gasteiger partial charge in [0.15, 0.2) is 11.0 Å². The molecule has 0 radical (unpaired) electrons. The van der Waals surface area contributed by atoms with E-state index in [1.165, 1.54) is 0 Å². The molecule has 1 aliphatic heterocycles. The Bertz CT molecular complexity index is 443. The SMILES string of the molecule is Cc1nc(Cl)c(NC2CCS(=O)CC2)nc1C. The van der Waals surface area contributed by atoms with Crippen LogP contribution in [0.4, 0.5) is 5.82 Å². The van der Waals surface area contributed by atoms with Gasteiger partial charge in [-0.15, -0.1) is 0 Å². The van der Waals surface area contributed by atoms with Crippen molar-refractivity contribution in [1.82, 2.24) is 9.97 Å². The third kappa shape index (κ3) is 3.16. The second-order valence-corrected chi connectivity index (χ2v) is 6.35. The van der Waals surface area contributed by atoms with Gasteiger partial charge in [0.25, 0.3) is 0 Å². The minimum absolute atomic E-state index is 0.307. The van der Waals surface area contributed by atoms with Crippen LogP contribution in [0.15, 0.2) is 0 Å². The molecule has 6 heteroatoms. The minimum Gasteiger partial charge on any atom is -0.365 e. The molecule has 0 spiro atoms. The molecule has 17 heavy (non-hydrogen) atoms. The van der Waals surface area contributed by atoms with Gasteiger partial charge in [-0.3, -0.25) is 4.21 Å². The summed E-state index contributed by atoms with van der Waals surface area (Å²) in [5.74, 6) is 2.16. The van der Waals surface area contributed by atoms with Gasteiger partial charge in [-0.2, -0.15) is 0 Å². The van der Waals surface area contributed by atoms with Crippen LogP contribution in [0.2, 0.25) is 5.15 Å². The quantitative estimate of drug-likeness (QED) is 0.896. The van der Waals surface area contributed by atoms with Crippen molar-refractivity contribution in [2.75, 3.05) is 16.8 Å². The van der Waals surface area contributed by atoms with Gasteiger partial charge in [0, 0.05) is 28.3 Å². The number of aryl methyl sites for hydroxylation is 2. The first-order chi connectivity index (χ1) is 8.06. The van der Waals surface area contributed by atoms with Crippen LogP contribution >= 0.6 is 11.6 Å². The summed E-state index contributed by atoms with van der Waals surface area (Å²) in [4.78, 5) is 8.64. The van der Waals surface area contributed by atoms with Gasteiger partial charge in [0.05, 0.1) is 11.4 Å². The predicted octanol–water partition coefficient (Wildman–Crippen LogP) is 2.07. The molecular formula is C11H16ClN3OS. The molecule has 0 amide bonds. The molecule has 0 bridgehead atoms. The summed E-state index contributed by atoms with van der Waals surface area (Å²) in [6.07, 6.45) is 1.80. The summed E-state index contributed by atoms with van der Waals surface area (Å²) in [7, 11) is -0.641. The summed E-state index contributed by atoms with van der Waals surface area (Å²) in [6.45, 7) is 3.81. The molecule has 1 N–H and O–H groups in total. The maximum Gasteiger partial charge on any atom is 0.171 e. The van der Waals surface area contributed by atoms with Crippen LogP contribution in [0.1, 0.15) is 24.2 Å². The van der Waals surface area contributed by atoms with Crippen molar-refractivity contribution in [3.8, 4) is 0 Å². The summed E-state index contributed by atoms with van der Waals surface area (Å²) in [5.41, 5.74) is 1.74. The zero-order chi connectivity index (χ0) is 12.4. The number of hydrogen-bond donors (Lipinski definition) is 1. The molecule has 0 aromatic carbocycles. The lowest BCUT2D eigenvalue weighted by molar-refractivity contribution is 0.622. The van der Waals surface area contributed by atoms with Gasteiger partial charge in [-0.25, -0.2) is 9.97 Å². The molecule has 0 atom stereocenters. The maximum atomic E-state index is 11.3. The summed E-state index contributed by atoms with van der Waals surface area (Å²) >= 11 is 6.05. The topological polar surface area (TPSA) is 54.9 Å². The van der Waals surface area contributed by atoms with Crippen LogP contribution < -0.4 is 5.32 Å². The molecule has 1 aromatic heterocycles. The standard InChI is InChI=1S/C11H16ClN3OS/c1-7-8(2)14-11(10(12)13-7)15-9-3-5-17(16)6-4-9/h9H,3-6H2,1-2H3,(H,14,15). The van der Waals surface area contributed by atoms with Crippen LogP contribution in [0.5, 0.6) is 0 Å². The van der Waals surface area contributed by atoms with Gasteiger partial charge in [-0.1, -0.05) is 11.6 Å². The number of nitrogens with zero attached hydrogens (tertiary/aromatic N) is 2. The Hall–Kier alpha value is -0.680. The van der Waals surface area contributed by atoms with Gasteiger partial charge >= 0.3 is 0 Å². The van der Waals surface area contributed by atoms with Crippen molar-refractivity contribution in [3.63, 3.8) is 0 Å². The Morgan fingerprint density at radius 3 is 2.47 bits per heavy atom. The van der Waals surface area contributed by atoms with Crippen LogP contribution in [0.25, 0.3) is 0 Å². The van der Waals surface area contributed by atoms with Crippen molar-refractivity contribution < 1.29 is 4.21 Å². The average molecular weight is 274 g/mol. The normalized spacial score (nSPS) is 24.6. The Balaban J connectivity index is 2.08. The van der Waals surface area contributed by atoms with Crippen LogP contribution in [0.3, 0.4) is 0 Å². The van der Waals surface area contributed by atoms with Crippen molar-refractivity contribution in [2.45, 2.75) is 32.7 Å². The first kappa shape index (κ1) is 12.8. The molecule has 0 saturated carbocycles. The van der Waals surface area contributed by atoms with E-state index in [4.69, 9.17) is 11.6 Å². The molecule has 1 aliphatic rings. The van der Waals surface area contributed by atoms with E-state index < -0.39 is 10.8 Å². The molecule has 2 rings (SSSR count). The van der Waals surface area contributed by atoms with E-state index in [1.807, 2.05) is 13.8 Å². The van der Waals surface area contributed by atoms with Crippen molar-refractivity contribution >= 4 is 28.2 Å². The smallest absolute Gasteiger partial charge is 0.171 e. The molecule has 4 nitrogen and oxygen atoms in total. The van der Waals surface area contributed by atoms with Crippen LogP contribution in [-0.2, 0) is 10.8 Å². The average Bonchev–Trinajstić information content (AvgIpc) is 2.29. The van der Waals surface area contributed by atoms with Crippen molar-refractivity contribution in [3.05, 3.63) is 16.5 Å². The third-order valence-corrected chi connectivity index (χ3v) is 4.64. The molecule has 2 heterocycles. The minimum atomic E-state index is -0.641. The lowest BCUT2D eigenvalue weighted by Gasteiger charge is -2.23. The lowest BCUT2D eigenvalue weighted by atomic mass is 10.1. The van der Waals surface area contributed by atoms with Gasteiger partial charge < -0.3 is 5.32 Å². The number of aromatic nitrogens is 2. The fraction of sp³-hybridized carbons (Fsp3) is 0.636. The van der Waals surface area contributed by atoms with E-state index in [2.05, 4.69) is 15.3 Å². The number of halogens is 1. The summed E-state index contributed by atoms with van der Waals surface area (Å²) in [5, 5.41) is 3.71. The second kappa shape index (κ2) is 5.31. The van der Waals surface area contributed by atoms with E-state index in [-0.39, 0.29) is 0 Å². The van der Waals surface area contributed by atoms with E-state index in [9.17, 15) is 4.21 Å². The molecular weight excluding hydrogens is 258 g/mol. The van der Waals surface area contributed by atoms with E-state index in [1.54, 1.807) is 0 Å². The number of anilines is 1. The highest BCUT2D eigenvalue weighted by molar-refractivity contribution is 7.85. The monoisotopic (exact) mass is 273 g/mol. The number of rotatable bonds is 2. The fourth-order valence-electron chi connectivity index (χ4n) is 1.80. The highest BCUT2D eigenvalue weighted by atomic mass is 35.5. The predicted molar refractivity (Wildman–Crippen MR) is 71.0 cm³/mol. The largest absolute Gasteiger partial charge is 0.365 e. The highest BCUT2D eigenvalue weighted by Crippen LogP contribution is 2.22. The Kier molecular flexibility index (Phi) is 3.99. The third-order valence-electron chi connectivity index (χ3n) is 2.99. The second-order valence-electron chi connectivity index (χ2n) is 4.30. The van der Waals surface area contributed by atoms with Crippen molar-refractivity contribution in [2.24, 2.45) is 0 Å². The molecule has 94 valence electrons. The molecule has 0 aliphatic carbocycles. The molecule has 0 unspecified atom stereocenters. The van der Waals surface area contributed by atoms with Gasteiger partial charge in [0.1, 0.15) is 0 Å². The van der Waals surface area contributed by atoms with E-state index >= 15 is 0 Å².